The molecule has 2 aliphatic rings. The molecule has 2 rings (SSSR count). The van der Waals surface area contributed by atoms with Gasteiger partial charge in [-0.3, -0.25) is 4.79 Å². The number of nitrogens with one attached hydrogen (secondary N) is 2. The molecule has 2 N–H and O–H groups in total. The maximum atomic E-state index is 11.8. The fraction of sp³-hybridized carbons (Fsp3) is 0.909. The van der Waals surface area contributed by atoms with E-state index in [-0.39, 0.29) is 35.5 Å². The van der Waals surface area contributed by atoms with Gasteiger partial charge in [-0.05, 0) is 12.3 Å². The molecule has 2 heterocycles. The SMILES string of the molecule is CO[C@@H]1CNCC1NC(=O)CC1CCS(=O)(=O)C1. The summed E-state index contributed by atoms with van der Waals surface area (Å²) in [6.07, 6.45) is 0.902. The second-order valence-electron chi connectivity index (χ2n) is 5.08. The van der Waals surface area contributed by atoms with E-state index in [1.807, 2.05) is 0 Å². The average molecular weight is 276 g/mol. The van der Waals surface area contributed by atoms with Gasteiger partial charge in [0.25, 0.3) is 0 Å². The van der Waals surface area contributed by atoms with E-state index < -0.39 is 9.84 Å². The van der Waals surface area contributed by atoms with Crippen molar-refractivity contribution in [2.24, 2.45) is 5.92 Å². The second kappa shape index (κ2) is 5.54. The molecule has 0 spiro atoms. The number of carbonyl (C=O) groups excluding carboxylic acids is 1. The van der Waals surface area contributed by atoms with Gasteiger partial charge in [0.15, 0.2) is 9.84 Å². The van der Waals surface area contributed by atoms with Crippen LogP contribution in [0.25, 0.3) is 0 Å². The molecule has 0 saturated carbocycles. The molecule has 1 amide bonds. The molecule has 6 nitrogen and oxygen atoms in total. The van der Waals surface area contributed by atoms with Crippen LogP contribution >= 0.6 is 0 Å². The van der Waals surface area contributed by atoms with E-state index in [0.717, 1.165) is 6.54 Å². The van der Waals surface area contributed by atoms with Crippen LogP contribution < -0.4 is 10.6 Å². The van der Waals surface area contributed by atoms with Gasteiger partial charge in [0.05, 0.1) is 23.7 Å². The highest BCUT2D eigenvalue weighted by Crippen LogP contribution is 2.21. The third-order valence-corrected chi connectivity index (χ3v) is 5.45. The molecule has 3 atom stereocenters. The van der Waals surface area contributed by atoms with E-state index in [1.165, 1.54) is 0 Å². The molecule has 7 heteroatoms. The summed E-state index contributed by atoms with van der Waals surface area (Å²) in [5.41, 5.74) is 0. The smallest absolute Gasteiger partial charge is 0.220 e. The summed E-state index contributed by atoms with van der Waals surface area (Å²) < 4.78 is 27.9. The Morgan fingerprint density at radius 1 is 1.44 bits per heavy atom. The molecule has 2 saturated heterocycles. The number of hydrogen-bond acceptors (Lipinski definition) is 5. The highest BCUT2D eigenvalue weighted by Gasteiger charge is 2.32. The van der Waals surface area contributed by atoms with Gasteiger partial charge in [0.1, 0.15) is 0 Å². The Morgan fingerprint density at radius 3 is 2.83 bits per heavy atom. The molecule has 2 fully saturated rings. The molecule has 0 aromatic heterocycles. The van der Waals surface area contributed by atoms with Crippen molar-refractivity contribution in [2.45, 2.75) is 25.0 Å². The van der Waals surface area contributed by atoms with Crippen molar-refractivity contribution in [2.75, 3.05) is 31.7 Å². The molecule has 0 bridgehead atoms. The number of sulfone groups is 1. The Bertz CT molecular complexity index is 409. The second-order valence-corrected chi connectivity index (χ2v) is 7.31. The fourth-order valence-electron chi connectivity index (χ4n) is 2.61. The molecule has 2 aliphatic heterocycles. The highest BCUT2D eigenvalue weighted by molar-refractivity contribution is 7.91. The zero-order valence-corrected chi connectivity index (χ0v) is 11.3. The summed E-state index contributed by atoms with van der Waals surface area (Å²) in [6, 6.07) is -0.0134. The molecule has 0 aromatic carbocycles. The molecule has 0 aliphatic carbocycles. The van der Waals surface area contributed by atoms with Gasteiger partial charge in [0.2, 0.25) is 5.91 Å². The number of rotatable bonds is 4. The van der Waals surface area contributed by atoms with Gasteiger partial charge in [-0.2, -0.15) is 0 Å². The van der Waals surface area contributed by atoms with Crippen LogP contribution in [-0.4, -0.2) is 58.2 Å². The van der Waals surface area contributed by atoms with E-state index in [2.05, 4.69) is 10.6 Å². The number of ether oxygens (including phenoxy) is 1. The van der Waals surface area contributed by atoms with Crippen LogP contribution in [0.1, 0.15) is 12.8 Å². The molecular formula is C11H20N2O4S. The Balaban J connectivity index is 1.79. The lowest BCUT2D eigenvalue weighted by Gasteiger charge is -2.19. The maximum Gasteiger partial charge on any atom is 0.220 e. The van der Waals surface area contributed by atoms with E-state index in [1.54, 1.807) is 7.11 Å². The topological polar surface area (TPSA) is 84.5 Å². The van der Waals surface area contributed by atoms with Crippen LogP contribution in [0.15, 0.2) is 0 Å². The zero-order chi connectivity index (χ0) is 13.2. The van der Waals surface area contributed by atoms with Crippen LogP contribution in [0.2, 0.25) is 0 Å². The normalized spacial score (nSPS) is 34.6. The highest BCUT2D eigenvalue weighted by atomic mass is 32.2. The first kappa shape index (κ1) is 13.8. The van der Waals surface area contributed by atoms with Gasteiger partial charge in [0, 0.05) is 26.6 Å². The van der Waals surface area contributed by atoms with Crippen LogP contribution in [0, 0.1) is 5.92 Å². The monoisotopic (exact) mass is 276 g/mol. The van der Waals surface area contributed by atoms with Crippen molar-refractivity contribution >= 4 is 15.7 Å². The Hall–Kier alpha value is -0.660. The van der Waals surface area contributed by atoms with Crippen LogP contribution in [0.4, 0.5) is 0 Å². The third-order valence-electron chi connectivity index (χ3n) is 3.61. The van der Waals surface area contributed by atoms with Crippen molar-refractivity contribution in [3.63, 3.8) is 0 Å². The van der Waals surface area contributed by atoms with Gasteiger partial charge in [-0.25, -0.2) is 8.42 Å². The standard InChI is InChI=1S/C11H20N2O4S/c1-17-10-6-12-5-9(10)13-11(14)4-8-2-3-18(15,16)7-8/h8-10,12H,2-7H2,1H3,(H,13,14)/t8?,9?,10-/m1/s1. The fourth-order valence-corrected chi connectivity index (χ4v) is 4.47. The Morgan fingerprint density at radius 2 is 2.22 bits per heavy atom. The molecular weight excluding hydrogens is 256 g/mol. The van der Waals surface area contributed by atoms with E-state index in [0.29, 0.717) is 19.4 Å². The number of hydrogen-bond donors (Lipinski definition) is 2. The first-order chi connectivity index (χ1) is 8.50. The van der Waals surface area contributed by atoms with Crippen molar-refractivity contribution < 1.29 is 17.9 Å². The largest absolute Gasteiger partial charge is 0.378 e. The summed E-state index contributed by atoms with van der Waals surface area (Å²) in [6.45, 7) is 1.44. The van der Waals surface area contributed by atoms with E-state index >= 15 is 0 Å². The van der Waals surface area contributed by atoms with E-state index in [4.69, 9.17) is 4.74 Å². The van der Waals surface area contributed by atoms with Crippen molar-refractivity contribution in [1.29, 1.82) is 0 Å². The van der Waals surface area contributed by atoms with Crippen LogP contribution in [0.5, 0.6) is 0 Å². The van der Waals surface area contributed by atoms with Gasteiger partial charge in [-0.15, -0.1) is 0 Å². The maximum absolute atomic E-state index is 11.8. The zero-order valence-electron chi connectivity index (χ0n) is 10.5. The first-order valence-electron chi connectivity index (χ1n) is 6.23. The minimum Gasteiger partial charge on any atom is -0.378 e. The van der Waals surface area contributed by atoms with Crippen molar-refractivity contribution in [3.05, 3.63) is 0 Å². The van der Waals surface area contributed by atoms with Gasteiger partial charge < -0.3 is 15.4 Å². The number of carbonyl (C=O) groups is 1. The molecule has 0 radical (unpaired) electrons. The lowest BCUT2D eigenvalue weighted by atomic mass is 10.0. The predicted octanol–water partition coefficient (Wildman–Crippen LogP) is -1.09. The van der Waals surface area contributed by atoms with Crippen LogP contribution in [-0.2, 0) is 19.4 Å². The molecule has 18 heavy (non-hydrogen) atoms. The Kier molecular flexibility index (Phi) is 4.24. The van der Waals surface area contributed by atoms with E-state index in [9.17, 15) is 13.2 Å². The number of amides is 1. The third kappa shape index (κ3) is 3.43. The lowest BCUT2D eigenvalue weighted by molar-refractivity contribution is -0.123. The first-order valence-corrected chi connectivity index (χ1v) is 8.05. The summed E-state index contributed by atoms with van der Waals surface area (Å²) in [5.74, 6) is 0.270. The summed E-state index contributed by atoms with van der Waals surface area (Å²) >= 11 is 0. The predicted molar refractivity (Wildman–Crippen MR) is 67.0 cm³/mol. The minimum absolute atomic E-state index is 0.00117. The molecule has 0 aromatic rings. The van der Waals surface area contributed by atoms with Crippen molar-refractivity contribution in [1.82, 2.24) is 10.6 Å². The average Bonchev–Trinajstić information content (AvgIpc) is 2.85. The molecule has 2 unspecified atom stereocenters. The Labute approximate surface area is 107 Å². The number of methoxy groups -OCH3 is 1. The summed E-state index contributed by atoms with van der Waals surface area (Å²) in [5, 5.41) is 6.06. The lowest BCUT2D eigenvalue weighted by Crippen LogP contribution is -2.44. The quantitative estimate of drug-likeness (QED) is 0.682. The van der Waals surface area contributed by atoms with Gasteiger partial charge >= 0.3 is 0 Å². The van der Waals surface area contributed by atoms with Gasteiger partial charge in [-0.1, -0.05) is 0 Å². The molecule has 104 valence electrons. The summed E-state index contributed by atoms with van der Waals surface area (Å²) in [7, 11) is -1.28. The summed E-state index contributed by atoms with van der Waals surface area (Å²) in [4.78, 5) is 11.8. The van der Waals surface area contributed by atoms with Crippen molar-refractivity contribution in [3.8, 4) is 0 Å². The minimum atomic E-state index is -2.90. The van der Waals surface area contributed by atoms with Crippen LogP contribution in [0.3, 0.4) is 0 Å².